The van der Waals surface area contributed by atoms with Crippen molar-refractivity contribution in [1.29, 1.82) is 0 Å². The lowest BCUT2D eigenvalue weighted by Gasteiger charge is -2.22. The summed E-state index contributed by atoms with van der Waals surface area (Å²) in [4.78, 5) is 11.7. The molecule has 1 saturated heterocycles. The number of carbonyl (C=O) groups excluding carboxylic acids is 1. The smallest absolute Gasteiger partial charge is 0.338 e. The molecule has 92 valence electrons. The van der Waals surface area contributed by atoms with Crippen LogP contribution in [0.5, 0.6) is 0 Å². The van der Waals surface area contributed by atoms with Crippen LogP contribution in [0.4, 0.5) is 10.1 Å². The standard InChI is InChI=1S/C12H14FNO3/c13-10-2-1-8(7-11(10)14)12(15)17-9-3-5-16-6-4-9/h1-2,7,9H,3-6,14H2. The highest BCUT2D eigenvalue weighted by Crippen LogP contribution is 2.16. The lowest BCUT2D eigenvalue weighted by atomic mass is 10.1. The summed E-state index contributed by atoms with van der Waals surface area (Å²) >= 11 is 0. The van der Waals surface area contributed by atoms with E-state index in [2.05, 4.69) is 0 Å². The quantitative estimate of drug-likeness (QED) is 0.630. The van der Waals surface area contributed by atoms with Crippen molar-refractivity contribution in [2.45, 2.75) is 18.9 Å². The lowest BCUT2D eigenvalue weighted by molar-refractivity contribution is -0.0159. The number of esters is 1. The van der Waals surface area contributed by atoms with Crippen LogP contribution in [0, 0.1) is 5.82 Å². The van der Waals surface area contributed by atoms with Crippen molar-refractivity contribution >= 4 is 11.7 Å². The Labute approximate surface area is 98.5 Å². The molecule has 0 unspecified atom stereocenters. The third-order valence-electron chi connectivity index (χ3n) is 2.67. The molecule has 0 radical (unpaired) electrons. The fourth-order valence-corrected chi connectivity index (χ4v) is 1.68. The molecule has 17 heavy (non-hydrogen) atoms. The Morgan fingerprint density at radius 1 is 1.41 bits per heavy atom. The van der Waals surface area contributed by atoms with Gasteiger partial charge in [0.25, 0.3) is 0 Å². The second kappa shape index (κ2) is 5.14. The Hall–Kier alpha value is -1.62. The van der Waals surface area contributed by atoms with E-state index in [0.29, 0.717) is 26.1 Å². The van der Waals surface area contributed by atoms with Gasteiger partial charge in [-0.15, -0.1) is 0 Å². The van der Waals surface area contributed by atoms with Gasteiger partial charge in [0, 0.05) is 12.8 Å². The van der Waals surface area contributed by atoms with Crippen LogP contribution in [0.2, 0.25) is 0 Å². The number of nitrogen functional groups attached to an aromatic ring is 1. The maximum absolute atomic E-state index is 12.9. The second-order valence-electron chi connectivity index (χ2n) is 3.95. The average Bonchev–Trinajstić information content (AvgIpc) is 2.34. The number of hydrogen-bond donors (Lipinski definition) is 1. The molecule has 1 aliphatic rings. The van der Waals surface area contributed by atoms with Gasteiger partial charge < -0.3 is 15.2 Å². The Bertz CT molecular complexity index is 416. The SMILES string of the molecule is Nc1cc(C(=O)OC2CCOCC2)ccc1F. The topological polar surface area (TPSA) is 61.6 Å². The van der Waals surface area contributed by atoms with Gasteiger partial charge in [-0.05, 0) is 18.2 Å². The van der Waals surface area contributed by atoms with Gasteiger partial charge in [-0.2, -0.15) is 0 Å². The van der Waals surface area contributed by atoms with E-state index >= 15 is 0 Å². The number of hydrogen-bond acceptors (Lipinski definition) is 4. The minimum atomic E-state index is -0.535. The largest absolute Gasteiger partial charge is 0.459 e. The molecule has 4 nitrogen and oxygen atoms in total. The number of ether oxygens (including phenoxy) is 2. The Balaban J connectivity index is 2.01. The fourth-order valence-electron chi connectivity index (χ4n) is 1.68. The molecule has 1 heterocycles. The number of rotatable bonds is 2. The van der Waals surface area contributed by atoms with Gasteiger partial charge in [-0.25, -0.2) is 9.18 Å². The summed E-state index contributed by atoms with van der Waals surface area (Å²) in [6.07, 6.45) is 1.27. The number of halogens is 1. The van der Waals surface area contributed by atoms with Crippen molar-refractivity contribution in [3.05, 3.63) is 29.6 Å². The molecule has 5 heteroatoms. The highest BCUT2D eigenvalue weighted by molar-refractivity contribution is 5.90. The average molecular weight is 239 g/mol. The number of carbonyl (C=O) groups is 1. The van der Waals surface area contributed by atoms with E-state index in [1.54, 1.807) is 0 Å². The van der Waals surface area contributed by atoms with Gasteiger partial charge in [0.2, 0.25) is 0 Å². The first-order valence-corrected chi connectivity index (χ1v) is 5.50. The molecule has 1 fully saturated rings. The summed E-state index contributed by atoms with van der Waals surface area (Å²) in [7, 11) is 0. The highest BCUT2D eigenvalue weighted by Gasteiger charge is 2.19. The molecule has 1 aromatic rings. The van der Waals surface area contributed by atoms with Gasteiger partial charge in [-0.3, -0.25) is 0 Å². The summed E-state index contributed by atoms with van der Waals surface area (Å²) in [5.41, 5.74) is 5.61. The first kappa shape index (κ1) is 11.9. The maximum Gasteiger partial charge on any atom is 0.338 e. The van der Waals surface area contributed by atoms with E-state index in [-0.39, 0.29) is 17.4 Å². The van der Waals surface area contributed by atoms with Crippen LogP contribution in [0.15, 0.2) is 18.2 Å². The highest BCUT2D eigenvalue weighted by atomic mass is 19.1. The summed E-state index contributed by atoms with van der Waals surface area (Å²) < 4.78 is 23.4. The van der Waals surface area contributed by atoms with Crippen molar-refractivity contribution < 1.29 is 18.7 Å². The molecule has 0 bridgehead atoms. The van der Waals surface area contributed by atoms with Crippen LogP contribution in [-0.4, -0.2) is 25.3 Å². The van der Waals surface area contributed by atoms with E-state index in [0.717, 1.165) is 6.07 Å². The van der Waals surface area contributed by atoms with E-state index < -0.39 is 11.8 Å². The molecule has 0 saturated carbocycles. The van der Waals surface area contributed by atoms with Crippen molar-refractivity contribution in [2.24, 2.45) is 0 Å². The van der Waals surface area contributed by atoms with Gasteiger partial charge in [0.05, 0.1) is 24.5 Å². The van der Waals surface area contributed by atoms with Gasteiger partial charge in [-0.1, -0.05) is 0 Å². The van der Waals surface area contributed by atoms with Crippen molar-refractivity contribution in [3.63, 3.8) is 0 Å². The molecular formula is C12H14FNO3. The molecule has 0 aromatic heterocycles. The monoisotopic (exact) mass is 239 g/mol. The second-order valence-corrected chi connectivity index (χ2v) is 3.95. The zero-order valence-corrected chi connectivity index (χ0v) is 9.32. The van der Waals surface area contributed by atoms with Crippen molar-refractivity contribution in [3.8, 4) is 0 Å². The predicted molar refractivity (Wildman–Crippen MR) is 60.1 cm³/mol. The number of benzene rings is 1. The third kappa shape index (κ3) is 2.94. The molecule has 0 aliphatic carbocycles. The van der Waals surface area contributed by atoms with Crippen LogP contribution in [0.1, 0.15) is 23.2 Å². The molecule has 1 aliphatic heterocycles. The normalized spacial score (nSPS) is 16.8. The predicted octanol–water partition coefficient (Wildman–Crippen LogP) is 1.74. The number of nitrogens with two attached hydrogens (primary N) is 1. The Morgan fingerprint density at radius 3 is 2.76 bits per heavy atom. The summed E-state index contributed by atoms with van der Waals surface area (Å²) in [6.45, 7) is 1.20. The molecule has 0 spiro atoms. The van der Waals surface area contributed by atoms with Crippen molar-refractivity contribution in [1.82, 2.24) is 0 Å². The Morgan fingerprint density at radius 2 is 2.12 bits per heavy atom. The van der Waals surface area contributed by atoms with Crippen LogP contribution in [0.25, 0.3) is 0 Å². The fraction of sp³-hybridized carbons (Fsp3) is 0.417. The molecular weight excluding hydrogens is 225 g/mol. The van der Waals surface area contributed by atoms with E-state index in [4.69, 9.17) is 15.2 Å². The molecule has 1 aromatic carbocycles. The zero-order valence-electron chi connectivity index (χ0n) is 9.32. The summed E-state index contributed by atoms with van der Waals surface area (Å²) in [5, 5.41) is 0. The lowest BCUT2D eigenvalue weighted by Crippen LogP contribution is -2.26. The minimum absolute atomic E-state index is 0.0496. The van der Waals surface area contributed by atoms with E-state index in [1.165, 1.54) is 12.1 Å². The van der Waals surface area contributed by atoms with Crippen LogP contribution < -0.4 is 5.73 Å². The number of anilines is 1. The maximum atomic E-state index is 12.9. The first-order valence-electron chi connectivity index (χ1n) is 5.50. The van der Waals surface area contributed by atoms with Crippen LogP contribution >= 0.6 is 0 Å². The third-order valence-corrected chi connectivity index (χ3v) is 2.67. The van der Waals surface area contributed by atoms with Gasteiger partial charge in [0.1, 0.15) is 11.9 Å². The zero-order chi connectivity index (χ0) is 12.3. The minimum Gasteiger partial charge on any atom is -0.459 e. The molecule has 0 amide bonds. The van der Waals surface area contributed by atoms with E-state index in [1.807, 2.05) is 0 Å². The molecule has 0 atom stereocenters. The van der Waals surface area contributed by atoms with Gasteiger partial charge in [0.15, 0.2) is 0 Å². The summed E-state index contributed by atoms with van der Waals surface area (Å²) in [6, 6.07) is 3.82. The van der Waals surface area contributed by atoms with Gasteiger partial charge >= 0.3 is 5.97 Å². The van der Waals surface area contributed by atoms with Crippen LogP contribution in [-0.2, 0) is 9.47 Å². The molecule has 2 rings (SSSR count). The Kier molecular flexibility index (Phi) is 3.58. The van der Waals surface area contributed by atoms with Crippen LogP contribution in [0.3, 0.4) is 0 Å². The first-order chi connectivity index (χ1) is 8.16. The molecule has 2 N–H and O–H groups in total. The summed E-state index contributed by atoms with van der Waals surface area (Å²) in [5.74, 6) is -1.00. The van der Waals surface area contributed by atoms with Crippen molar-refractivity contribution in [2.75, 3.05) is 18.9 Å². The van der Waals surface area contributed by atoms with E-state index in [9.17, 15) is 9.18 Å².